The molecule has 0 aliphatic carbocycles. The summed E-state index contributed by atoms with van der Waals surface area (Å²) in [6, 6.07) is 12.9. The summed E-state index contributed by atoms with van der Waals surface area (Å²) in [5.74, 6) is -0.461. The first kappa shape index (κ1) is 22.0. The maximum Gasteiger partial charge on any atom is 0.255 e. The number of carbonyl (C=O) groups excluding carboxylic acids is 1. The fourth-order valence-electron chi connectivity index (χ4n) is 3.08. The van der Waals surface area contributed by atoms with Crippen molar-refractivity contribution in [2.24, 2.45) is 0 Å². The minimum absolute atomic E-state index is 0.106. The van der Waals surface area contributed by atoms with Gasteiger partial charge >= 0.3 is 0 Å². The maximum atomic E-state index is 12.6. The molecule has 1 aliphatic heterocycles. The molecule has 0 aromatic heterocycles. The Kier molecular flexibility index (Phi) is 6.59. The van der Waals surface area contributed by atoms with Crippen LogP contribution in [-0.4, -0.2) is 41.6 Å². The van der Waals surface area contributed by atoms with E-state index in [1.165, 1.54) is 10.4 Å². The smallest absolute Gasteiger partial charge is 0.255 e. The van der Waals surface area contributed by atoms with Gasteiger partial charge in [0.2, 0.25) is 20.0 Å². The predicted molar refractivity (Wildman–Crippen MR) is 117 cm³/mol. The van der Waals surface area contributed by atoms with Crippen molar-refractivity contribution in [3.63, 3.8) is 0 Å². The van der Waals surface area contributed by atoms with Crippen molar-refractivity contribution in [2.75, 3.05) is 28.5 Å². The number of amides is 1. The lowest BCUT2D eigenvalue weighted by atomic mass is 10.1. The summed E-state index contributed by atoms with van der Waals surface area (Å²) in [6.45, 7) is 4.03. The zero-order valence-electron chi connectivity index (χ0n) is 16.2. The number of nitrogens with one attached hydrogen (secondary N) is 2. The molecule has 1 aliphatic rings. The molecule has 1 saturated heterocycles. The van der Waals surface area contributed by atoms with Crippen LogP contribution in [0, 0.1) is 0 Å². The Morgan fingerprint density at radius 1 is 1.17 bits per heavy atom. The monoisotopic (exact) mass is 449 g/mol. The largest absolute Gasteiger partial charge is 0.322 e. The number of rotatable bonds is 8. The summed E-state index contributed by atoms with van der Waals surface area (Å²) in [5.41, 5.74) is 1.87. The van der Waals surface area contributed by atoms with Gasteiger partial charge in [0.05, 0.1) is 17.2 Å². The van der Waals surface area contributed by atoms with Crippen LogP contribution in [0.4, 0.5) is 11.4 Å². The van der Waals surface area contributed by atoms with Gasteiger partial charge in [-0.15, -0.1) is 6.58 Å². The normalized spacial score (nSPS) is 15.7. The minimum Gasteiger partial charge on any atom is -0.322 e. The molecule has 2 N–H and O–H groups in total. The molecule has 0 atom stereocenters. The molecular formula is C20H23N3O5S2. The lowest BCUT2D eigenvalue weighted by molar-refractivity contribution is 0.102. The number of benzene rings is 2. The molecule has 2 aromatic rings. The molecule has 1 amide bonds. The van der Waals surface area contributed by atoms with Crippen LogP contribution in [0.1, 0.15) is 22.3 Å². The summed E-state index contributed by atoms with van der Waals surface area (Å²) < 4.78 is 51.7. The number of hydrogen-bond acceptors (Lipinski definition) is 5. The van der Waals surface area contributed by atoms with Gasteiger partial charge in [-0.2, -0.15) is 0 Å². The standard InChI is InChI=1S/C20H23N3O5S2/c1-2-11-21-29(25,26)15-16-7-9-18(10-8-16)22-20(24)17-5-3-6-19(14-17)23-12-4-13-30(23,27)28/h2-3,5-10,14,21H,1,4,11-13,15H2,(H,22,24). The van der Waals surface area contributed by atoms with Crippen LogP contribution >= 0.6 is 0 Å². The van der Waals surface area contributed by atoms with E-state index < -0.39 is 20.0 Å². The topological polar surface area (TPSA) is 113 Å². The molecule has 10 heteroatoms. The quantitative estimate of drug-likeness (QED) is 0.599. The highest BCUT2D eigenvalue weighted by molar-refractivity contribution is 7.93. The van der Waals surface area contributed by atoms with E-state index in [9.17, 15) is 21.6 Å². The molecule has 30 heavy (non-hydrogen) atoms. The van der Waals surface area contributed by atoms with E-state index in [2.05, 4.69) is 16.6 Å². The van der Waals surface area contributed by atoms with E-state index in [0.717, 1.165) is 0 Å². The van der Waals surface area contributed by atoms with E-state index in [0.29, 0.717) is 35.5 Å². The molecule has 160 valence electrons. The average molecular weight is 450 g/mol. The van der Waals surface area contributed by atoms with Crippen LogP contribution in [-0.2, 0) is 25.8 Å². The van der Waals surface area contributed by atoms with Gasteiger partial charge in [-0.3, -0.25) is 9.10 Å². The van der Waals surface area contributed by atoms with Gasteiger partial charge in [0.1, 0.15) is 0 Å². The Balaban J connectivity index is 1.68. The van der Waals surface area contributed by atoms with Crippen LogP contribution in [0.15, 0.2) is 61.2 Å². The molecule has 3 rings (SSSR count). The summed E-state index contributed by atoms with van der Waals surface area (Å²) in [7, 11) is -6.79. The van der Waals surface area contributed by atoms with Gasteiger partial charge in [0, 0.05) is 24.3 Å². The fourth-order valence-corrected chi connectivity index (χ4v) is 5.74. The molecule has 0 saturated carbocycles. The van der Waals surface area contributed by atoms with Crippen molar-refractivity contribution in [1.82, 2.24) is 4.72 Å². The number of sulfonamides is 2. The predicted octanol–water partition coefficient (Wildman–Crippen LogP) is 2.08. The van der Waals surface area contributed by atoms with Gasteiger partial charge in [0.25, 0.3) is 5.91 Å². The van der Waals surface area contributed by atoms with E-state index in [1.807, 2.05) is 0 Å². The third-order valence-corrected chi connectivity index (χ3v) is 7.70. The molecule has 8 nitrogen and oxygen atoms in total. The number of carbonyl (C=O) groups is 1. The Morgan fingerprint density at radius 2 is 1.90 bits per heavy atom. The second-order valence-electron chi connectivity index (χ2n) is 6.84. The minimum atomic E-state index is -3.46. The van der Waals surface area contributed by atoms with Crippen LogP contribution in [0.5, 0.6) is 0 Å². The molecule has 0 radical (unpaired) electrons. The number of anilines is 2. The Labute approximate surface area is 176 Å². The van der Waals surface area contributed by atoms with E-state index >= 15 is 0 Å². The first-order chi connectivity index (χ1) is 14.2. The second kappa shape index (κ2) is 8.99. The first-order valence-electron chi connectivity index (χ1n) is 9.29. The zero-order valence-corrected chi connectivity index (χ0v) is 17.9. The molecule has 1 fully saturated rings. The molecular weight excluding hydrogens is 426 g/mol. The van der Waals surface area contributed by atoms with E-state index in [4.69, 9.17) is 0 Å². The van der Waals surface area contributed by atoms with Crippen molar-refractivity contribution in [3.8, 4) is 0 Å². The molecule has 1 heterocycles. The highest BCUT2D eigenvalue weighted by Crippen LogP contribution is 2.25. The second-order valence-corrected chi connectivity index (χ2v) is 10.7. The lowest BCUT2D eigenvalue weighted by Gasteiger charge is -2.17. The van der Waals surface area contributed by atoms with Gasteiger partial charge in [0.15, 0.2) is 0 Å². The van der Waals surface area contributed by atoms with Crippen molar-refractivity contribution < 1.29 is 21.6 Å². The van der Waals surface area contributed by atoms with Crippen LogP contribution in [0.25, 0.3) is 0 Å². The maximum absolute atomic E-state index is 12.6. The highest BCUT2D eigenvalue weighted by atomic mass is 32.2. The zero-order chi connectivity index (χ0) is 21.8. The van der Waals surface area contributed by atoms with Gasteiger partial charge in [-0.25, -0.2) is 21.6 Å². The molecule has 2 aromatic carbocycles. The molecule has 0 bridgehead atoms. The van der Waals surface area contributed by atoms with Crippen molar-refractivity contribution in [1.29, 1.82) is 0 Å². The van der Waals surface area contributed by atoms with Crippen LogP contribution in [0.2, 0.25) is 0 Å². The molecule has 0 unspecified atom stereocenters. The van der Waals surface area contributed by atoms with Crippen molar-refractivity contribution in [3.05, 3.63) is 72.3 Å². The summed E-state index contributed by atoms with van der Waals surface area (Å²) in [6.07, 6.45) is 2.02. The SMILES string of the molecule is C=CCNS(=O)(=O)Cc1ccc(NC(=O)c2cccc(N3CCCS3(=O)=O)c2)cc1. The Bertz CT molecular complexity index is 1140. The third kappa shape index (κ3) is 5.47. The highest BCUT2D eigenvalue weighted by Gasteiger charge is 2.28. The fraction of sp³-hybridized carbons (Fsp3) is 0.250. The summed E-state index contributed by atoms with van der Waals surface area (Å²) >= 11 is 0. The van der Waals surface area contributed by atoms with Gasteiger partial charge < -0.3 is 5.32 Å². The summed E-state index contributed by atoms with van der Waals surface area (Å²) in [5, 5.41) is 2.74. The Hall–Kier alpha value is -2.69. The van der Waals surface area contributed by atoms with E-state index in [1.54, 1.807) is 48.5 Å². The number of nitrogens with zero attached hydrogens (tertiary/aromatic N) is 1. The molecule has 0 spiro atoms. The lowest BCUT2D eigenvalue weighted by Crippen LogP contribution is -2.25. The van der Waals surface area contributed by atoms with Crippen molar-refractivity contribution >= 4 is 37.3 Å². The van der Waals surface area contributed by atoms with Gasteiger partial charge in [-0.05, 0) is 42.3 Å². The summed E-state index contributed by atoms with van der Waals surface area (Å²) in [4.78, 5) is 12.6. The van der Waals surface area contributed by atoms with Gasteiger partial charge in [-0.1, -0.05) is 24.3 Å². The average Bonchev–Trinajstić information content (AvgIpc) is 3.07. The third-order valence-electron chi connectivity index (χ3n) is 4.51. The van der Waals surface area contributed by atoms with Crippen LogP contribution in [0.3, 0.4) is 0 Å². The van der Waals surface area contributed by atoms with Crippen LogP contribution < -0.4 is 14.3 Å². The van der Waals surface area contributed by atoms with Crippen molar-refractivity contribution in [2.45, 2.75) is 12.2 Å². The van der Waals surface area contributed by atoms with E-state index in [-0.39, 0.29) is 24.0 Å². The number of hydrogen-bond donors (Lipinski definition) is 2. The first-order valence-corrected chi connectivity index (χ1v) is 12.6. The Morgan fingerprint density at radius 3 is 2.53 bits per heavy atom.